The lowest BCUT2D eigenvalue weighted by Crippen LogP contribution is -2.60. The molecule has 0 spiro atoms. The number of aliphatic hydroxyl groups excluding tert-OH is 1. The normalized spacial score (nSPS) is 18.0. The molecule has 0 fully saturated rings. The molecule has 3 aromatic rings. The summed E-state index contributed by atoms with van der Waals surface area (Å²) in [4.78, 5) is 39.6. The van der Waals surface area contributed by atoms with Crippen LogP contribution in [0.25, 0.3) is 0 Å². The number of nitrogens with one attached hydrogen (secondary N) is 3. The van der Waals surface area contributed by atoms with E-state index in [1.165, 1.54) is 6.20 Å². The Balaban J connectivity index is 1.73. The number of nitrogens with zero attached hydrogens (tertiary/aromatic N) is 2. The monoisotopic (exact) mass is 546 g/mol. The fraction of sp³-hybridized carbons (Fsp3) is 0.400. The van der Waals surface area contributed by atoms with Crippen molar-refractivity contribution in [2.45, 2.75) is 70.1 Å². The summed E-state index contributed by atoms with van der Waals surface area (Å²) < 4.78 is 1.81. The Hall–Kier alpha value is -4.18. The van der Waals surface area contributed by atoms with Gasteiger partial charge in [-0.15, -0.1) is 0 Å². The Morgan fingerprint density at radius 2 is 1.82 bits per heavy atom. The van der Waals surface area contributed by atoms with Gasteiger partial charge in [-0.2, -0.15) is 5.10 Å². The first-order valence-electron chi connectivity index (χ1n) is 13.6. The van der Waals surface area contributed by atoms with Crippen LogP contribution in [0.2, 0.25) is 0 Å². The van der Waals surface area contributed by atoms with Crippen molar-refractivity contribution >= 4 is 23.5 Å². The van der Waals surface area contributed by atoms with Crippen molar-refractivity contribution in [3.8, 4) is 0 Å². The van der Waals surface area contributed by atoms with E-state index in [1.807, 2.05) is 49.4 Å². The van der Waals surface area contributed by atoms with Crippen LogP contribution in [0.4, 0.5) is 5.82 Å². The van der Waals surface area contributed by atoms with Gasteiger partial charge in [-0.3, -0.25) is 14.4 Å². The second kappa shape index (κ2) is 11.5. The number of hydrogen-bond donors (Lipinski definition) is 5. The molecule has 3 atom stereocenters. The topological polar surface area (TPSA) is 151 Å². The second-order valence-corrected chi connectivity index (χ2v) is 10.8. The van der Waals surface area contributed by atoms with Crippen LogP contribution in [0, 0.1) is 0 Å². The lowest BCUT2D eigenvalue weighted by molar-refractivity contribution is -0.132. The highest BCUT2D eigenvalue weighted by molar-refractivity contribution is 6.03. The predicted octanol–water partition coefficient (Wildman–Crippen LogP) is 2.74. The Morgan fingerprint density at radius 1 is 1.15 bits per heavy atom. The molecule has 1 aliphatic heterocycles. The zero-order valence-electron chi connectivity index (χ0n) is 23.4. The molecule has 10 nitrogen and oxygen atoms in total. The van der Waals surface area contributed by atoms with Crippen LogP contribution in [0.5, 0.6) is 0 Å². The highest BCUT2D eigenvalue weighted by atomic mass is 16.3. The maximum absolute atomic E-state index is 14.0. The van der Waals surface area contributed by atoms with Crippen molar-refractivity contribution in [1.29, 1.82) is 0 Å². The van der Waals surface area contributed by atoms with Gasteiger partial charge in [-0.1, -0.05) is 68.4 Å². The van der Waals surface area contributed by atoms with Gasteiger partial charge in [-0.05, 0) is 49.8 Å². The van der Waals surface area contributed by atoms with Crippen molar-refractivity contribution in [3.05, 3.63) is 83.0 Å². The van der Waals surface area contributed by atoms with Crippen molar-refractivity contribution in [2.75, 3.05) is 11.9 Å². The number of nitrogens with two attached hydrogens (primary N) is 1. The smallest absolute Gasteiger partial charge is 0.257 e. The molecule has 0 saturated carbocycles. The van der Waals surface area contributed by atoms with E-state index < -0.39 is 35.9 Å². The highest BCUT2D eigenvalue weighted by Crippen LogP contribution is 2.40. The lowest BCUT2D eigenvalue weighted by atomic mass is 9.84. The van der Waals surface area contributed by atoms with E-state index in [4.69, 9.17) is 5.73 Å². The Kier molecular flexibility index (Phi) is 8.29. The first kappa shape index (κ1) is 28.8. The second-order valence-electron chi connectivity index (χ2n) is 10.8. The molecule has 4 rings (SSSR count). The molecule has 0 bridgehead atoms. The van der Waals surface area contributed by atoms with Gasteiger partial charge in [0.2, 0.25) is 5.91 Å². The predicted molar refractivity (Wildman–Crippen MR) is 152 cm³/mol. The number of aromatic nitrogens is 2. The molecule has 3 amide bonds. The maximum atomic E-state index is 14.0. The van der Waals surface area contributed by atoms with Gasteiger partial charge in [0.25, 0.3) is 11.8 Å². The summed E-state index contributed by atoms with van der Waals surface area (Å²) in [6.45, 7) is 7.27. The van der Waals surface area contributed by atoms with Gasteiger partial charge in [0, 0.05) is 0 Å². The van der Waals surface area contributed by atoms with Crippen LogP contribution >= 0.6 is 0 Å². The molecule has 6 N–H and O–H groups in total. The summed E-state index contributed by atoms with van der Waals surface area (Å²) in [6, 6.07) is 16.0. The maximum Gasteiger partial charge on any atom is 0.257 e. The van der Waals surface area contributed by atoms with Crippen LogP contribution < -0.4 is 21.7 Å². The average molecular weight is 547 g/mol. The molecule has 40 heavy (non-hydrogen) atoms. The number of aliphatic hydroxyl groups is 1. The standard InChI is InChI=1S/C30H38N6O4/c1-5-19-12-14-21(15-13-19)30(6-2,28(40)34-24(18-37)25(31)38)35-27(39)22-17-32-36-26(22)33-23(16-29(36,3)4)20-10-8-7-9-11-20/h7-15,17,23-24,33,37H,5-6,16,18H2,1-4H3,(H2,31,38)(H,34,40)(H,35,39)/t23-,24?,30?/m1/s1. The molecule has 0 radical (unpaired) electrons. The molecule has 1 aliphatic rings. The molecule has 212 valence electrons. The third kappa shape index (κ3) is 5.44. The van der Waals surface area contributed by atoms with Gasteiger partial charge >= 0.3 is 0 Å². The van der Waals surface area contributed by atoms with Gasteiger partial charge in [0.1, 0.15) is 23.0 Å². The number of rotatable bonds is 10. The summed E-state index contributed by atoms with van der Waals surface area (Å²) in [5.74, 6) is -1.48. The molecule has 0 saturated heterocycles. The molecule has 2 heterocycles. The summed E-state index contributed by atoms with van der Waals surface area (Å²) in [5, 5.41) is 23.1. The number of primary amides is 1. The van der Waals surface area contributed by atoms with E-state index in [0.717, 1.165) is 24.0 Å². The summed E-state index contributed by atoms with van der Waals surface area (Å²) in [6.07, 6.45) is 3.24. The van der Waals surface area contributed by atoms with Gasteiger partial charge in [-0.25, -0.2) is 4.68 Å². The molecular weight excluding hydrogens is 508 g/mol. The first-order valence-corrected chi connectivity index (χ1v) is 13.6. The minimum atomic E-state index is -1.55. The third-order valence-corrected chi connectivity index (χ3v) is 7.73. The molecule has 0 aliphatic carbocycles. The minimum Gasteiger partial charge on any atom is -0.394 e. The highest BCUT2D eigenvalue weighted by Gasteiger charge is 2.43. The van der Waals surface area contributed by atoms with E-state index in [9.17, 15) is 19.5 Å². The third-order valence-electron chi connectivity index (χ3n) is 7.73. The fourth-order valence-electron chi connectivity index (χ4n) is 5.29. The molecule has 2 unspecified atom stereocenters. The van der Waals surface area contributed by atoms with E-state index >= 15 is 0 Å². The van der Waals surface area contributed by atoms with Crippen molar-refractivity contribution in [3.63, 3.8) is 0 Å². The van der Waals surface area contributed by atoms with Crippen LogP contribution in [-0.4, -0.2) is 45.3 Å². The van der Waals surface area contributed by atoms with Crippen LogP contribution in [0.1, 0.15) is 73.6 Å². The number of anilines is 1. The first-order chi connectivity index (χ1) is 19.1. The molecule has 2 aromatic carbocycles. The molecule has 1 aromatic heterocycles. The number of fused-ring (bicyclic) bond motifs is 1. The lowest BCUT2D eigenvalue weighted by Gasteiger charge is -2.38. The number of benzene rings is 2. The SMILES string of the molecule is CCc1ccc(C(CC)(NC(=O)c2cnn3c2N[C@@H](c2ccccc2)CC3(C)C)C(=O)NC(CO)C(N)=O)cc1. The summed E-state index contributed by atoms with van der Waals surface area (Å²) in [7, 11) is 0. The summed E-state index contributed by atoms with van der Waals surface area (Å²) >= 11 is 0. The Bertz CT molecular complexity index is 1370. The van der Waals surface area contributed by atoms with Crippen LogP contribution in [0.15, 0.2) is 60.8 Å². The van der Waals surface area contributed by atoms with E-state index in [-0.39, 0.29) is 23.6 Å². The molecular formula is C30H38N6O4. The van der Waals surface area contributed by atoms with Crippen molar-refractivity contribution in [1.82, 2.24) is 20.4 Å². The number of carbonyl (C=O) groups is 3. The van der Waals surface area contributed by atoms with E-state index in [0.29, 0.717) is 11.4 Å². The number of amides is 3. The summed E-state index contributed by atoms with van der Waals surface area (Å²) in [5.41, 5.74) is 6.43. The van der Waals surface area contributed by atoms with Gasteiger partial charge < -0.3 is 26.8 Å². The minimum absolute atomic E-state index is 0.0475. The quantitative estimate of drug-likeness (QED) is 0.264. The van der Waals surface area contributed by atoms with Crippen LogP contribution in [-0.2, 0) is 27.1 Å². The molecule has 10 heteroatoms. The van der Waals surface area contributed by atoms with Gasteiger partial charge in [0.05, 0.1) is 24.4 Å². The number of aryl methyl sites for hydroxylation is 1. The zero-order valence-corrected chi connectivity index (χ0v) is 23.4. The zero-order chi connectivity index (χ0) is 29.1. The van der Waals surface area contributed by atoms with E-state index in [1.54, 1.807) is 23.7 Å². The fourth-order valence-corrected chi connectivity index (χ4v) is 5.29. The van der Waals surface area contributed by atoms with Crippen molar-refractivity contribution in [2.24, 2.45) is 5.73 Å². The number of carbonyl (C=O) groups excluding carboxylic acids is 3. The Labute approximate surface area is 234 Å². The largest absolute Gasteiger partial charge is 0.394 e. The van der Waals surface area contributed by atoms with Gasteiger partial charge in [0.15, 0.2) is 0 Å². The van der Waals surface area contributed by atoms with Crippen molar-refractivity contribution < 1.29 is 19.5 Å². The van der Waals surface area contributed by atoms with E-state index in [2.05, 4.69) is 34.9 Å². The average Bonchev–Trinajstić information content (AvgIpc) is 3.40. The Morgan fingerprint density at radius 3 is 2.40 bits per heavy atom. The number of hydrogen-bond acceptors (Lipinski definition) is 6. The van der Waals surface area contributed by atoms with Crippen LogP contribution in [0.3, 0.4) is 0 Å².